The maximum absolute atomic E-state index is 13.3. The predicted molar refractivity (Wildman–Crippen MR) is 63.0 cm³/mol. The Morgan fingerprint density at radius 2 is 2.06 bits per heavy atom. The van der Waals surface area contributed by atoms with E-state index >= 15 is 0 Å². The van der Waals surface area contributed by atoms with Gasteiger partial charge in [-0.05, 0) is 31.0 Å². The highest BCUT2D eigenvalue weighted by Crippen LogP contribution is 2.31. The molecule has 0 saturated heterocycles. The largest absolute Gasteiger partial charge is 0.487 e. The molecule has 1 N–H and O–H groups in total. The van der Waals surface area contributed by atoms with Gasteiger partial charge in [-0.15, -0.1) is 0 Å². The van der Waals surface area contributed by atoms with Gasteiger partial charge in [0.15, 0.2) is 11.6 Å². The number of benzene rings is 1. The van der Waals surface area contributed by atoms with Gasteiger partial charge in [-0.2, -0.15) is 0 Å². The summed E-state index contributed by atoms with van der Waals surface area (Å²) in [6.07, 6.45) is 3.51. The molecule has 1 aromatic carbocycles. The van der Waals surface area contributed by atoms with Crippen molar-refractivity contribution >= 4 is 15.9 Å². The molecule has 16 heavy (non-hydrogen) atoms. The van der Waals surface area contributed by atoms with Crippen LogP contribution in [0.5, 0.6) is 5.75 Å². The van der Waals surface area contributed by atoms with Crippen LogP contribution in [0.2, 0.25) is 0 Å². The first kappa shape index (κ1) is 11.9. The van der Waals surface area contributed by atoms with Crippen LogP contribution in [0.1, 0.15) is 25.7 Å². The van der Waals surface area contributed by atoms with Gasteiger partial charge in [-0.25, -0.2) is 4.39 Å². The van der Waals surface area contributed by atoms with Gasteiger partial charge in [0.1, 0.15) is 6.61 Å². The average Bonchev–Trinajstić information content (AvgIpc) is 2.67. The molecule has 0 spiro atoms. The Morgan fingerprint density at radius 3 is 2.75 bits per heavy atom. The highest BCUT2D eigenvalue weighted by molar-refractivity contribution is 9.10. The quantitative estimate of drug-likeness (QED) is 0.925. The molecule has 1 fully saturated rings. The van der Waals surface area contributed by atoms with Gasteiger partial charge in [-0.3, -0.25) is 0 Å². The van der Waals surface area contributed by atoms with E-state index in [0.29, 0.717) is 0 Å². The molecule has 2 nitrogen and oxygen atoms in total. The van der Waals surface area contributed by atoms with E-state index in [0.717, 1.165) is 30.2 Å². The molecule has 1 aliphatic rings. The van der Waals surface area contributed by atoms with Crippen molar-refractivity contribution in [3.8, 4) is 5.75 Å². The zero-order valence-electron chi connectivity index (χ0n) is 8.88. The Morgan fingerprint density at radius 1 is 1.38 bits per heavy atom. The van der Waals surface area contributed by atoms with Crippen LogP contribution in [0.15, 0.2) is 22.7 Å². The number of halogens is 2. The zero-order chi connectivity index (χ0) is 11.6. The summed E-state index contributed by atoms with van der Waals surface area (Å²) in [7, 11) is 0. The molecule has 0 amide bonds. The third-order valence-corrected chi connectivity index (χ3v) is 3.42. The molecule has 1 aromatic rings. The Balaban J connectivity index is 2.01. The van der Waals surface area contributed by atoms with Crippen LogP contribution in [-0.4, -0.2) is 17.3 Å². The van der Waals surface area contributed by atoms with Gasteiger partial charge < -0.3 is 9.84 Å². The Bertz CT molecular complexity index is 375. The fourth-order valence-electron chi connectivity index (χ4n) is 1.98. The molecule has 0 bridgehead atoms. The lowest BCUT2D eigenvalue weighted by Crippen LogP contribution is -2.32. The summed E-state index contributed by atoms with van der Waals surface area (Å²) in [4.78, 5) is 0. The smallest absolute Gasteiger partial charge is 0.165 e. The van der Waals surface area contributed by atoms with E-state index in [4.69, 9.17) is 4.74 Å². The van der Waals surface area contributed by atoms with Gasteiger partial charge in [0.05, 0.1) is 5.60 Å². The molecular formula is C12H14BrFO2. The van der Waals surface area contributed by atoms with Gasteiger partial charge in [0.2, 0.25) is 0 Å². The molecular weight excluding hydrogens is 275 g/mol. The molecule has 0 aromatic heterocycles. The molecule has 4 heteroatoms. The molecule has 0 radical (unpaired) electrons. The number of ether oxygens (including phenoxy) is 1. The maximum Gasteiger partial charge on any atom is 0.165 e. The van der Waals surface area contributed by atoms with Crippen molar-refractivity contribution in [2.24, 2.45) is 0 Å². The van der Waals surface area contributed by atoms with Crippen molar-refractivity contribution in [1.82, 2.24) is 0 Å². The number of hydrogen-bond donors (Lipinski definition) is 1. The van der Waals surface area contributed by atoms with Gasteiger partial charge in [0, 0.05) is 4.47 Å². The summed E-state index contributed by atoms with van der Waals surface area (Å²) in [6, 6.07) is 4.54. The predicted octanol–water partition coefficient (Wildman–Crippen LogP) is 3.27. The molecule has 1 aliphatic carbocycles. The monoisotopic (exact) mass is 288 g/mol. The van der Waals surface area contributed by atoms with E-state index in [-0.39, 0.29) is 12.4 Å². The lowest BCUT2D eigenvalue weighted by molar-refractivity contribution is 0.000313. The van der Waals surface area contributed by atoms with Gasteiger partial charge >= 0.3 is 0 Å². The maximum atomic E-state index is 13.3. The first-order valence-electron chi connectivity index (χ1n) is 5.39. The Labute approximate surface area is 103 Å². The number of rotatable bonds is 3. The van der Waals surface area contributed by atoms with Crippen LogP contribution in [0, 0.1) is 5.82 Å². The summed E-state index contributed by atoms with van der Waals surface area (Å²) in [5.74, 6) is -0.209. The highest BCUT2D eigenvalue weighted by Gasteiger charge is 2.32. The average molecular weight is 289 g/mol. The summed E-state index contributed by atoms with van der Waals surface area (Å²) < 4.78 is 19.5. The molecule has 2 rings (SSSR count). The zero-order valence-corrected chi connectivity index (χ0v) is 10.5. The molecule has 88 valence electrons. The van der Waals surface area contributed by atoms with E-state index in [2.05, 4.69) is 15.9 Å². The van der Waals surface area contributed by atoms with E-state index in [1.165, 1.54) is 6.07 Å². The molecule has 0 unspecified atom stereocenters. The van der Waals surface area contributed by atoms with E-state index in [1.54, 1.807) is 12.1 Å². The van der Waals surface area contributed by atoms with Gasteiger partial charge in [-0.1, -0.05) is 28.8 Å². The SMILES string of the molecule is OC1(COc2cc(Br)ccc2F)CCCC1. The van der Waals surface area contributed by atoms with Crippen molar-refractivity contribution in [3.05, 3.63) is 28.5 Å². The third-order valence-electron chi connectivity index (χ3n) is 2.92. The van der Waals surface area contributed by atoms with Crippen LogP contribution in [0.3, 0.4) is 0 Å². The normalized spacial score (nSPS) is 18.7. The van der Waals surface area contributed by atoms with E-state index in [1.807, 2.05) is 0 Å². The minimum atomic E-state index is -0.769. The van der Waals surface area contributed by atoms with Crippen LogP contribution in [0.25, 0.3) is 0 Å². The van der Waals surface area contributed by atoms with Crippen molar-refractivity contribution in [2.75, 3.05) is 6.61 Å². The Kier molecular flexibility index (Phi) is 3.50. The van der Waals surface area contributed by atoms with Crippen LogP contribution in [0.4, 0.5) is 4.39 Å². The fraction of sp³-hybridized carbons (Fsp3) is 0.500. The van der Waals surface area contributed by atoms with Crippen LogP contribution < -0.4 is 4.74 Å². The summed E-state index contributed by atoms with van der Waals surface area (Å²) >= 11 is 3.25. The van der Waals surface area contributed by atoms with Gasteiger partial charge in [0.25, 0.3) is 0 Å². The summed E-state index contributed by atoms with van der Waals surface area (Å²) in [5.41, 5.74) is -0.769. The second-order valence-electron chi connectivity index (χ2n) is 4.29. The van der Waals surface area contributed by atoms with Crippen molar-refractivity contribution in [3.63, 3.8) is 0 Å². The molecule has 0 atom stereocenters. The van der Waals surface area contributed by atoms with Crippen LogP contribution in [-0.2, 0) is 0 Å². The Hall–Kier alpha value is -0.610. The molecule has 0 heterocycles. The number of hydrogen-bond acceptors (Lipinski definition) is 2. The second kappa shape index (κ2) is 4.72. The first-order valence-corrected chi connectivity index (χ1v) is 6.19. The highest BCUT2D eigenvalue weighted by atomic mass is 79.9. The lowest BCUT2D eigenvalue weighted by atomic mass is 10.0. The van der Waals surface area contributed by atoms with Crippen molar-refractivity contribution in [2.45, 2.75) is 31.3 Å². The summed E-state index contributed by atoms with van der Waals surface area (Å²) in [6.45, 7) is 0.167. The van der Waals surface area contributed by atoms with E-state index in [9.17, 15) is 9.50 Å². The third kappa shape index (κ3) is 2.74. The molecule has 1 saturated carbocycles. The number of aliphatic hydroxyl groups is 1. The van der Waals surface area contributed by atoms with Crippen molar-refractivity contribution < 1.29 is 14.2 Å². The standard InChI is InChI=1S/C12H14BrFO2/c13-9-3-4-10(14)11(7-9)16-8-12(15)5-1-2-6-12/h3-4,7,15H,1-2,5-6,8H2. The minimum absolute atomic E-state index is 0.167. The topological polar surface area (TPSA) is 29.5 Å². The van der Waals surface area contributed by atoms with Crippen LogP contribution >= 0.6 is 15.9 Å². The lowest BCUT2D eigenvalue weighted by Gasteiger charge is -2.22. The van der Waals surface area contributed by atoms with E-state index < -0.39 is 11.4 Å². The fourth-order valence-corrected chi connectivity index (χ4v) is 2.32. The minimum Gasteiger partial charge on any atom is -0.487 e. The first-order chi connectivity index (χ1) is 7.59. The van der Waals surface area contributed by atoms with Crippen molar-refractivity contribution in [1.29, 1.82) is 0 Å². The summed E-state index contributed by atoms with van der Waals surface area (Å²) in [5, 5.41) is 10.1. The molecule has 0 aliphatic heterocycles. The second-order valence-corrected chi connectivity index (χ2v) is 5.21.